The summed E-state index contributed by atoms with van der Waals surface area (Å²) in [5, 5.41) is 29.4. The van der Waals surface area contributed by atoms with Crippen LogP contribution in [0.2, 0.25) is 0 Å². The molecule has 1 atom stereocenters. The summed E-state index contributed by atoms with van der Waals surface area (Å²) in [4.78, 5) is 17.8. The SMILES string of the molecule is CC1CN(c2nn(C3CCOCC3)c3c2CN(C(=O)O)CC3)c2cc(C#N)c(-c3cnn(C)c3)cc2N1C. The van der Waals surface area contributed by atoms with Gasteiger partial charge < -0.3 is 24.5 Å². The molecule has 6 rings (SSSR count). The predicted molar refractivity (Wildman–Crippen MR) is 142 cm³/mol. The Kier molecular flexibility index (Phi) is 5.99. The van der Waals surface area contributed by atoms with Gasteiger partial charge in [-0.3, -0.25) is 9.36 Å². The smallest absolute Gasteiger partial charge is 0.407 e. The number of anilines is 3. The second-order valence-electron chi connectivity index (χ2n) is 10.5. The molecule has 0 radical (unpaired) electrons. The van der Waals surface area contributed by atoms with Crippen LogP contribution in [0.15, 0.2) is 24.5 Å². The average Bonchev–Trinajstić information content (AvgIpc) is 3.54. The minimum Gasteiger partial charge on any atom is -0.465 e. The number of nitriles is 1. The third kappa shape index (κ3) is 3.96. The number of hydrogen-bond acceptors (Lipinski definition) is 7. The minimum atomic E-state index is -0.916. The van der Waals surface area contributed by atoms with Crippen molar-refractivity contribution in [1.29, 1.82) is 5.26 Å². The number of carboxylic acid groups (broad SMARTS) is 1. The Morgan fingerprint density at radius 3 is 2.68 bits per heavy atom. The predicted octanol–water partition coefficient (Wildman–Crippen LogP) is 3.52. The maximum absolute atomic E-state index is 11.9. The van der Waals surface area contributed by atoms with E-state index in [1.165, 1.54) is 4.90 Å². The molecule has 3 aliphatic rings. The average molecular weight is 517 g/mol. The summed E-state index contributed by atoms with van der Waals surface area (Å²) in [7, 11) is 3.93. The molecule has 38 heavy (non-hydrogen) atoms. The normalized spacial score (nSPS) is 19.7. The molecule has 0 bridgehead atoms. The van der Waals surface area contributed by atoms with Crippen LogP contribution in [0, 0.1) is 11.3 Å². The van der Waals surface area contributed by atoms with Crippen LogP contribution in [0.5, 0.6) is 0 Å². The molecule has 1 unspecified atom stereocenters. The Labute approximate surface area is 221 Å². The van der Waals surface area contributed by atoms with Gasteiger partial charge in [-0.2, -0.15) is 15.5 Å². The van der Waals surface area contributed by atoms with Crippen LogP contribution in [0.3, 0.4) is 0 Å². The first kappa shape index (κ1) is 24.3. The number of aryl methyl sites for hydroxylation is 1. The van der Waals surface area contributed by atoms with Gasteiger partial charge in [-0.15, -0.1) is 0 Å². The molecule has 11 heteroatoms. The summed E-state index contributed by atoms with van der Waals surface area (Å²) >= 11 is 0. The summed E-state index contributed by atoms with van der Waals surface area (Å²) in [5.74, 6) is 0.789. The van der Waals surface area contributed by atoms with Gasteiger partial charge in [-0.1, -0.05) is 0 Å². The van der Waals surface area contributed by atoms with E-state index in [-0.39, 0.29) is 12.1 Å². The van der Waals surface area contributed by atoms with E-state index in [1.807, 2.05) is 19.3 Å². The van der Waals surface area contributed by atoms with Crippen LogP contribution >= 0.6 is 0 Å². The molecule has 0 saturated carbocycles. The number of likely N-dealkylation sites (N-methyl/N-ethyl adjacent to an activating group) is 1. The second kappa shape index (κ2) is 9.36. The minimum absolute atomic E-state index is 0.167. The molecule has 3 aliphatic heterocycles. The van der Waals surface area contributed by atoms with Crippen molar-refractivity contribution in [1.82, 2.24) is 24.5 Å². The first-order chi connectivity index (χ1) is 18.4. The van der Waals surface area contributed by atoms with Gasteiger partial charge in [0.05, 0.1) is 41.8 Å². The highest BCUT2D eigenvalue weighted by molar-refractivity contribution is 5.87. The summed E-state index contributed by atoms with van der Waals surface area (Å²) in [6.07, 6.45) is 5.18. The van der Waals surface area contributed by atoms with Crippen molar-refractivity contribution in [2.24, 2.45) is 7.05 Å². The van der Waals surface area contributed by atoms with E-state index in [9.17, 15) is 15.2 Å². The van der Waals surface area contributed by atoms with Crippen LogP contribution in [-0.4, -0.2) is 75.1 Å². The molecule has 1 amide bonds. The third-order valence-electron chi connectivity index (χ3n) is 8.16. The van der Waals surface area contributed by atoms with Crippen molar-refractivity contribution >= 4 is 23.3 Å². The first-order valence-corrected chi connectivity index (χ1v) is 13.1. The Morgan fingerprint density at radius 1 is 1.21 bits per heavy atom. The molecule has 1 fully saturated rings. The van der Waals surface area contributed by atoms with Gasteiger partial charge in [0.15, 0.2) is 5.82 Å². The van der Waals surface area contributed by atoms with Crippen molar-refractivity contribution in [3.63, 3.8) is 0 Å². The van der Waals surface area contributed by atoms with Gasteiger partial charge >= 0.3 is 6.09 Å². The molecule has 11 nitrogen and oxygen atoms in total. The molecular weight excluding hydrogens is 484 g/mol. The fourth-order valence-corrected chi connectivity index (χ4v) is 5.93. The molecular formula is C27H32N8O3. The maximum atomic E-state index is 11.9. The summed E-state index contributed by atoms with van der Waals surface area (Å²) < 4.78 is 9.48. The quantitative estimate of drug-likeness (QED) is 0.562. The molecule has 1 saturated heterocycles. The number of benzene rings is 1. The molecule has 0 aliphatic carbocycles. The topological polar surface area (TPSA) is 116 Å². The monoisotopic (exact) mass is 516 g/mol. The third-order valence-corrected chi connectivity index (χ3v) is 8.16. The zero-order valence-electron chi connectivity index (χ0n) is 22.0. The van der Waals surface area contributed by atoms with Gasteiger partial charge in [-0.25, -0.2) is 4.79 Å². The van der Waals surface area contributed by atoms with Crippen molar-refractivity contribution in [2.45, 2.75) is 44.8 Å². The highest BCUT2D eigenvalue weighted by Gasteiger charge is 2.36. The van der Waals surface area contributed by atoms with Gasteiger partial charge in [0.1, 0.15) is 0 Å². The number of hydrogen-bond donors (Lipinski definition) is 1. The van der Waals surface area contributed by atoms with E-state index in [4.69, 9.17) is 9.84 Å². The van der Waals surface area contributed by atoms with Crippen molar-refractivity contribution in [2.75, 3.05) is 43.2 Å². The van der Waals surface area contributed by atoms with E-state index >= 15 is 0 Å². The number of amides is 1. The molecule has 1 aromatic carbocycles. The maximum Gasteiger partial charge on any atom is 0.407 e. The summed E-state index contributed by atoms with van der Waals surface area (Å²) in [6.45, 7) is 5.01. The van der Waals surface area contributed by atoms with Gasteiger partial charge in [0.25, 0.3) is 0 Å². The van der Waals surface area contributed by atoms with Crippen molar-refractivity contribution < 1.29 is 14.6 Å². The number of ether oxygens (including phenoxy) is 1. The Hall–Kier alpha value is -4.04. The Morgan fingerprint density at radius 2 is 2.00 bits per heavy atom. The largest absolute Gasteiger partial charge is 0.465 e. The van der Waals surface area contributed by atoms with Crippen molar-refractivity contribution in [3.8, 4) is 17.2 Å². The molecule has 2 aromatic heterocycles. The summed E-state index contributed by atoms with van der Waals surface area (Å²) in [6, 6.07) is 6.79. The van der Waals surface area contributed by atoms with E-state index in [1.54, 1.807) is 10.9 Å². The highest BCUT2D eigenvalue weighted by atomic mass is 16.5. The van der Waals surface area contributed by atoms with E-state index in [0.717, 1.165) is 52.4 Å². The van der Waals surface area contributed by atoms with E-state index in [0.29, 0.717) is 44.8 Å². The number of carbonyl (C=O) groups is 1. The van der Waals surface area contributed by atoms with E-state index < -0.39 is 6.09 Å². The van der Waals surface area contributed by atoms with Gasteiger partial charge in [-0.05, 0) is 31.9 Å². The number of rotatable bonds is 3. The van der Waals surface area contributed by atoms with Crippen LogP contribution < -0.4 is 9.80 Å². The standard InChI is InChI=1S/C27H32N8O3/c1-17-14-34(25-10-18(12-28)21(11-24(25)32(17)3)19-13-29-31(2)15-19)26-22-16-33(27(36)37)7-4-23(22)35(30-26)20-5-8-38-9-6-20/h10-11,13,15,17,20H,4-9,14,16H2,1-3H3,(H,36,37). The lowest BCUT2D eigenvalue weighted by Crippen LogP contribution is -2.44. The lowest BCUT2D eigenvalue weighted by atomic mass is 9.97. The first-order valence-electron chi connectivity index (χ1n) is 13.1. The zero-order chi connectivity index (χ0) is 26.6. The lowest BCUT2D eigenvalue weighted by molar-refractivity contribution is 0.0650. The molecule has 1 N–H and O–H groups in total. The Balaban J connectivity index is 1.51. The van der Waals surface area contributed by atoms with Crippen LogP contribution in [0.25, 0.3) is 11.1 Å². The van der Waals surface area contributed by atoms with Gasteiger partial charge in [0, 0.05) is 81.4 Å². The fourth-order valence-electron chi connectivity index (χ4n) is 5.93. The lowest BCUT2D eigenvalue weighted by Gasteiger charge is -2.41. The molecule has 5 heterocycles. The molecule has 0 spiro atoms. The van der Waals surface area contributed by atoms with Crippen LogP contribution in [-0.2, 0) is 24.8 Å². The Bertz CT molecular complexity index is 1430. The summed E-state index contributed by atoms with van der Waals surface area (Å²) in [5.41, 5.74) is 6.28. The van der Waals surface area contributed by atoms with Crippen LogP contribution in [0.1, 0.15) is 42.6 Å². The van der Waals surface area contributed by atoms with Crippen LogP contribution in [0.4, 0.5) is 22.0 Å². The molecule has 198 valence electrons. The zero-order valence-corrected chi connectivity index (χ0v) is 22.0. The fraction of sp³-hybridized carbons (Fsp3) is 0.481. The number of aromatic nitrogens is 4. The number of fused-ring (bicyclic) bond motifs is 2. The highest BCUT2D eigenvalue weighted by Crippen LogP contribution is 2.45. The van der Waals surface area contributed by atoms with Gasteiger partial charge in [0.2, 0.25) is 0 Å². The molecule has 3 aromatic rings. The number of nitrogens with zero attached hydrogens (tertiary/aromatic N) is 8. The van der Waals surface area contributed by atoms with Crippen molar-refractivity contribution in [3.05, 3.63) is 41.3 Å². The second-order valence-corrected chi connectivity index (χ2v) is 10.5. The van der Waals surface area contributed by atoms with E-state index in [2.05, 4.69) is 45.7 Å².